The van der Waals surface area contributed by atoms with Gasteiger partial charge in [-0.15, -0.1) is 0 Å². The van der Waals surface area contributed by atoms with E-state index in [-0.39, 0.29) is 5.69 Å². The van der Waals surface area contributed by atoms with E-state index in [0.29, 0.717) is 6.07 Å². The second-order valence-corrected chi connectivity index (χ2v) is 5.24. The van der Waals surface area contributed by atoms with Gasteiger partial charge >= 0.3 is 0 Å². The fourth-order valence-electron chi connectivity index (χ4n) is 0.952. The minimum Gasteiger partial charge on any atom is -0.506 e. The molecule has 0 amide bonds. The molecule has 0 aromatic carbocycles. The van der Waals surface area contributed by atoms with Gasteiger partial charge in [0.1, 0.15) is 5.75 Å². The van der Waals surface area contributed by atoms with Crippen LogP contribution in [-0.4, -0.2) is 18.5 Å². The van der Waals surface area contributed by atoms with Crippen molar-refractivity contribution < 1.29 is 22.3 Å². The molecule has 0 atom stereocenters. The number of aromatic hydroxyl groups is 1. The number of rotatable bonds is 2. The van der Waals surface area contributed by atoms with Gasteiger partial charge in [0, 0.05) is 10.7 Å². The molecule has 0 unspecified atom stereocenters. The van der Waals surface area contributed by atoms with Crippen LogP contribution in [0.4, 0.5) is 8.78 Å². The molecule has 84 valence electrons. The monoisotopic (exact) mass is 257 g/mol. The molecule has 0 fully saturated rings. The van der Waals surface area contributed by atoms with Crippen molar-refractivity contribution in [3.63, 3.8) is 0 Å². The van der Waals surface area contributed by atoms with Gasteiger partial charge in [-0.3, -0.25) is 0 Å². The van der Waals surface area contributed by atoms with Crippen molar-refractivity contribution in [2.24, 2.45) is 0 Å². The molecule has 0 aliphatic rings. The van der Waals surface area contributed by atoms with Gasteiger partial charge < -0.3 is 5.11 Å². The third-order valence-corrected chi connectivity index (χ3v) is 2.84. The summed E-state index contributed by atoms with van der Waals surface area (Å²) in [5, 5.41) is 8.48. The molecule has 1 heterocycles. The van der Waals surface area contributed by atoms with Crippen LogP contribution in [0.15, 0.2) is 11.1 Å². The maximum Gasteiger partial charge on any atom is 0.278 e. The second-order valence-electron chi connectivity index (χ2n) is 2.72. The summed E-state index contributed by atoms with van der Waals surface area (Å²) in [5.41, 5.74) is -1.02. The van der Waals surface area contributed by atoms with Crippen LogP contribution in [0.5, 0.6) is 5.75 Å². The van der Waals surface area contributed by atoms with Crippen molar-refractivity contribution in [2.45, 2.75) is 18.4 Å². The number of pyridine rings is 1. The smallest absolute Gasteiger partial charge is 0.278 e. The fourth-order valence-corrected chi connectivity index (χ4v) is 1.70. The topological polar surface area (TPSA) is 67.3 Å². The predicted octanol–water partition coefficient (Wildman–Crippen LogP) is 1.96. The van der Waals surface area contributed by atoms with Crippen LogP contribution >= 0.6 is 10.7 Å². The lowest BCUT2D eigenvalue weighted by Gasteiger charge is -2.07. The first kappa shape index (κ1) is 12.1. The maximum absolute atomic E-state index is 12.4. The van der Waals surface area contributed by atoms with Gasteiger partial charge in [-0.2, -0.15) is 0 Å². The summed E-state index contributed by atoms with van der Waals surface area (Å²) in [5.74, 6) is -0.728. The van der Waals surface area contributed by atoms with Crippen molar-refractivity contribution in [3.05, 3.63) is 17.3 Å². The van der Waals surface area contributed by atoms with Crippen molar-refractivity contribution in [1.82, 2.24) is 4.98 Å². The van der Waals surface area contributed by atoms with Crippen LogP contribution in [0.1, 0.15) is 17.7 Å². The molecule has 0 spiro atoms. The number of nitrogens with zero attached hydrogens (tertiary/aromatic N) is 1. The molecule has 0 bridgehead atoms. The molecule has 0 aliphatic heterocycles. The third kappa shape index (κ3) is 2.54. The highest BCUT2D eigenvalue weighted by Gasteiger charge is 2.21. The average Bonchev–Trinajstić information content (AvgIpc) is 2.06. The fraction of sp³-hybridized carbons (Fsp3) is 0.286. The molecule has 1 aromatic heterocycles. The van der Waals surface area contributed by atoms with Crippen LogP contribution < -0.4 is 0 Å². The summed E-state index contributed by atoms with van der Waals surface area (Å²) in [6.07, 6.45) is -3.00. The highest BCUT2D eigenvalue weighted by Crippen LogP contribution is 2.32. The normalized spacial score (nSPS) is 12.1. The molecule has 0 saturated heterocycles. The lowest BCUT2D eigenvalue weighted by Crippen LogP contribution is -2.00. The van der Waals surface area contributed by atoms with Crippen LogP contribution in [-0.2, 0) is 9.05 Å². The summed E-state index contributed by atoms with van der Waals surface area (Å²) in [7, 11) is 0.761. The van der Waals surface area contributed by atoms with E-state index in [4.69, 9.17) is 10.7 Å². The van der Waals surface area contributed by atoms with Gasteiger partial charge in [-0.25, -0.2) is 22.2 Å². The second kappa shape index (κ2) is 3.90. The zero-order valence-corrected chi connectivity index (χ0v) is 8.98. The first-order valence-electron chi connectivity index (χ1n) is 3.67. The molecular weight excluding hydrogens is 252 g/mol. The number of hydrogen-bond donors (Lipinski definition) is 1. The number of aryl methyl sites for hydroxylation is 1. The Kier molecular flexibility index (Phi) is 3.15. The maximum atomic E-state index is 12.4. The zero-order chi connectivity index (χ0) is 11.8. The Balaban J connectivity index is 3.50. The summed E-state index contributed by atoms with van der Waals surface area (Å²) in [4.78, 5) is 3.38. The molecule has 15 heavy (non-hydrogen) atoms. The lowest BCUT2D eigenvalue weighted by atomic mass is 10.2. The van der Waals surface area contributed by atoms with E-state index in [0.717, 1.165) is 0 Å². The van der Waals surface area contributed by atoms with Gasteiger partial charge in [-0.1, -0.05) is 0 Å². The number of aromatic nitrogens is 1. The minimum absolute atomic E-state index is 0.216. The molecule has 0 radical (unpaired) electrons. The molecule has 1 N–H and O–H groups in total. The van der Waals surface area contributed by atoms with Crippen LogP contribution in [0.3, 0.4) is 0 Å². The summed E-state index contributed by atoms with van der Waals surface area (Å²) >= 11 is 0. The van der Waals surface area contributed by atoms with Gasteiger partial charge in [-0.05, 0) is 13.0 Å². The largest absolute Gasteiger partial charge is 0.506 e. The molecule has 1 rings (SSSR count). The van der Waals surface area contributed by atoms with Crippen molar-refractivity contribution >= 4 is 19.7 Å². The van der Waals surface area contributed by atoms with E-state index < -0.39 is 31.8 Å². The Hall–Kier alpha value is -0.950. The van der Waals surface area contributed by atoms with Crippen LogP contribution in [0.2, 0.25) is 0 Å². The van der Waals surface area contributed by atoms with Crippen molar-refractivity contribution in [1.29, 1.82) is 0 Å². The summed E-state index contributed by atoms with van der Waals surface area (Å²) in [6, 6.07) is 0.551. The zero-order valence-electron chi connectivity index (χ0n) is 7.41. The van der Waals surface area contributed by atoms with Crippen molar-refractivity contribution in [3.8, 4) is 5.75 Å². The Bertz CT molecular complexity index is 489. The minimum atomic E-state index is -4.18. The van der Waals surface area contributed by atoms with Gasteiger partial charge in [0.2, 0.25) is 0 Å². The number of hydrogen-bond acceptors (Lipinski definition) is 4. The first-order chi connectivity index (χ1) is 6.73. The van der Waals surface area contributed by atoms with Gasteiger partial charge in [0.05, 0.1) is 11.3 Å². The Labute approximate surface area is 88.9 Å². The molecule has 0 saturated carbocycles. The predicted molar refractivity (Wildman–Crippen MR) is 48.6 cm³/mol. The average molecular weight is 258 g/mol. The summed E-state index contributed by atoms with van der Waals surface area (Å²) in [6.45, 7) is 1.20. The SMILES string of the molecule is Cc1nc(S(=O)(=O)Cl)cc(C(F)F)c1O. The van der Waals surface area contributed by atoms with E-state index in [2.05, 4.69) is 4.98 Å². The lowest BCUT2D eigenvalue weighted by molar-refractivity contribution is 0.146. The highest BCUT2D eigenvalue weighted by molar-refractivity contribution is 8.13. The molecule has 0 aliphatic carbocycles. The Morgan fingerprint density at radius 3 is 2.47 bits per heavy atom. The third-order valence-electron chi connectivity index (χ3n) is 1.66. The van der Waals surface area contributed by atoms with Crippen LogP contribution in [0, 0.1) is 6.92 Å². The molecule has 1 aromatic rings. The van der Waals surface area contributed by atoms with Gasteiger partial charge in [0.15, 0.2) is 5.03 Å². The molecular formula is C7H6ClF2NO3S. The highest BCUT2D eigenvalue weighted by atomic mass is 35.7. The molecule has 8 heteroatoms. The molecule has 4 nitrogen and oxygen atoms in total. The Morgan fingerprint density at radius 2 is 2.07 bits per heavy atom. The quantitative estimate of drug-likeness (QED) is 0.823. The van der Waals surface area contributed by atoms with E-state index in [9.17, 15) is 22.3 Å². The van der Waals surface area contributed by atoms with E-state index in [1.807, 2.05) is 0 Å². The van der Waals surface area contributed by atoms with Crippen LogP contribution in [0.25, 0.3) is 0 Å². The number of halogens is 3. The van der Waals surface area contributed by atoms with Gasteiger partial charge in [0.25, 0.3) is 15.5 Å². The number of alkyl halides is 2. The van der Waals surface area contributed by atoms with Crippen molar-refractivity contribution in [2.75, 3.05) is 0 Å². The summed E-state index contributed by atoms with van der Waals surface area (Å²) < 4.78 is 46.4. The standard InChI is InChI=1S/C7H6ClF2NO3S/c1-3-6(12)4(7(9)10)2-5(11-3)15(8,13)14/h2,7,12H,1H3. The van der Waals surface area contributed by atoms with E-state index >= 15 is 0 Å². The van der Waals surface area contributed by atoms with E-state index in [1.165, 1.54) is 6.92 Å². The van der Waals surface area contributed by atoms with E-state index in [1.54, 1.807) is 0 Å². The first-order valence-corrected chi connectivity index (χ1v) is 5.97. The Morgan fingerprint density at radius 1 is 1.53 bits per heavy atom.